The summed E-state index contributed by atoms with van der Waals surface area (Å²) in [5.74, 6) is -0.361. The molecule has 1 aliphatic rings. The summed E-state index contributed by atoms with van der Waals surface area (Å²) in [4.78, 5) is 20.4. The van der Waals surface area contributed by atoms with Gasteiger partial charge in [0.25, 0.3) is 0 Å². The van der Waals surface area contributed by atoms with Gasteiger partial charge in [0.1, 0.15) is 5.82 Å². The number of thiazole rings is 1. The Bertz CT molecular complexity index is 689. The van der Waals surface area contributed by atoms with Crippen LogP contribution in [0.2, 0.25) is 5.02 Å². The summed E-state index contributed by atoms with van der Waals surface area (Å²) >= 11 is 7.49. The first-order chi connectivity index (χ1) is 11.6. The average molecular weight is 369 g/mol. The van der Waals surface area contributed by atoms with Crippen molar-refractivity contribution >= 4 is 34.0 Å². The zero-order valence-electron chi connectivity index (χ0n) is 13.0. The molecule has 1 aliphatic heterocycles. The fourth-order valence-electron chi connectivity index (χ4n) is 2.64. The minimum atomic E-state index is -0.320. The Morgan fingerprint density at radius 3 is 2.71 bits per heavy atom. The zero-order chi connectivity index (χ0) is 16.9. The van der Waals surface area contributed by atoms with Crippen molar-refractivity contribution < 1.29 is 9.18 Å². The summed E-state index contributed by atoms with van der Waals surface area (Å²) in [6, 6.07) is 4.50. The molecule has 24 heavy (non-hydrogen) atoms. The maximum Gasteiger partial charge on any atom is 0.240 e. The second-order valence-corrected chi connectivity index (χ2v) is 6.98. The lowest BCUT2D eigenvalue weighted by molar-refractivity contribution is -0.117. The molecule has 1 amide bonds. The molecule has 8 heteroatoms. The van der Waals surface area contributed by atoms with E-state index in [-0.39, 0.29) is 11.7 Å². The normalized spacial score (nSPS) is 16.2. The van der Waals surface area contributed by atoms with E-state index in [1.165, 1.54) is 23.5 Å². The van der Waals surface area contributed by atoms with Crippen molar-refractivity contribution in [2.45, 2.75) is 6.54 Å². The number of anilines is 1. The average Bonchev–Trinajstić information content (AvgIpc) is 3.04. The third-order valence-corrected chi connectivity index (χ3v) is 4.96. The molecule has 1 aromatic carbocycles. The Morgan fingerprint density at radius 1 is 1.29 bits per heavy atom. The van der Waals surface area contributed by atoms with Gasteiger partial charge >= 0.3 is 0 Å². The van der Waals surface area contributed by atoms with Gasteiger partial charge < -0.3 is 5.32 Å². The molecule has 128 valence electrons. The van der Waals surface area contributed by atoms with E-state index in [2.05, 4.69) is 20.1 Å². The van der Waals surface area contributed by atoms with Crippen molar-refractivity contribution in [1.82, 2.24) is 14.8 Å². The van der Waals surface area contributed by atoms with Gasteiger partial charge in [-0.2, -0.15) is 0 Å². The molecule has 0 atom stereocenters. The van der Waals surface area contributed by atoms with E-state index in [0.717, 1.165) is 31.7 Å². The largest absolute Gasteiger partial charge is 0.301 e. The van der Waals surface area contributed by atoms with Crippen LogP contribution in [-0.2, 0) is 11.3 Å². The third kappa shape index (κ3) is 4.73. The highest BCUT2D eigenvalue weighted by Gasteiger charge is 2.20. The maximum atomic E-state index is 13.1. The van der Waals surface area contributed by atoms with Gasteiger partial charge in [0.15, 0.2) is 5.13 Å². The number of amides is 1. The van der Waals surface area contributed by atoms with Gasteiger partial charge in [-0.05, 0) is 17.7 Å². The molecule has 1 N–H and O–H groups in total. The Morgan fingerprint density at radius 2 is 2.04 bits per heavy atom. The molecule has 1 saturated heterocycles. The van der Waals surface area contributed by atoms with Crippen molar-refractivity contribution in [1.29, 1.82) is 0 Å². The number of hydrogen-bond acceptors (Lipinski definition) is 5. The number of nitrogens with one attached hydrogen (secondary N) is 1. The summed E-state index contributed by atoms with van der Waals surface area (Å²) < 4.78 is 13.1. The lowest BCUT2D eigenvalue weighted by atomic mass is 10.2. The van der Waals surface area contributed by atoms with E-state index in [1.54, 1.807) is 12.3 Å². The second-order valence-electron chi connectivity index (χ2n) is 5.67. The second kappa shape index (κ2) is 8.02. The number of rotatable bonds is 5. The molecule has 0 bridgehead atoms. The number of hydrogen-bond donors (Lipinski definition) is 1. The van der Waals surface area contributed by atoms with Crippen LogP contribution in [0.1, 0.15) is 5.56 Å². The molecule has 0 saturated carbocycles. The molecule has 2 aromatic rings. The van der Waals surface area contributed by atoms with Gasteiger partial charge in [-0.1, -0.05) is 17.7 Å². The van der Waals surface area contributed by atoms with Gasteiger partial charge in [0.2, 0.25) is 5.91 Å². The number of nitrogens with zero attached hydrogens (tertiary/aromatic N) is 3. The number of piperazine rings is 1. The Balaban J connectivity index is 1.44. The van der Waals surface area contributed by atoms with Crippen LogP contribution in [-0.4, -0.2) is 53.4 Å². The van der Waals surface area contributed by atoms with E-state index in [4.69, 9.17) is 11.6 Å². The number of halogens is 2. The van der Waals surface area contributed by atoms with Crippen molar-refractivity contribution in [3.05, 3.63) is 46.2 Å². The minimum absolute atomic E-state index is 0.0417. The van der Waals surface area contributed by atoms with Gasteiger partial charge in [-0.25, -0.2) is 9.37 Å². The standard InChI is InChI=1S/C16H18ClFN4OS/c17-14-9-13(18)2-1-12(14)10-21-4-6-22(7-5-21)11-15(23)20-16-19-3-8-24-16/h1-3,8-9H,4-7,10-11H2,(H,19,20,23). The highest BCUT2D eigenvalue weighted by molar-refractivity contribution is 7.13. The lowest BCUT2D eigenvalue weighted by Gasteiger charge is -2.34. The zero-order valence-corrected chi connectivity index (χ0v) is 14.6. The van der Waals surface area contributed by atoms with Crippen LogP contribution in [0.3, 0.4) is 0 Å². The number of benzene rings is 1. The molecule has 1 aromatic heterocycles. The van der Waals surface area contributed by atoms with Gasteiger partial charge in [-0.15, -0.1) is 11.3 Å². The predicted octanol–water partition coefficient (Wildman–Crippen LogP) is 2.69. The van der Waals surface area contributed by atoms with Crippen LogP contribution < -0.4 is 5.32 Å². The fourth-order valence-corrected chi connectivity index (χ4v) is 3.42. The molecule has 5 nitrogen and oxygen atoms in total. The minimum Gasteiger partial charge on any atom is -0.301 e. The van der Waals surface area contributed by atoms with E-state index in [9.17, 15) is 9.18 Å². The van der Waals surface area contributed by atoms with Crippen LogP contribution in [0.5, 0.6) is 0 Å². The lowest BCUT2D eigenvalue weighted by Crippen LogP contribution is -2.48. The molecule has 1 fully saturated rings. The molecular weight excluding hydrogens is 351 g/mol. The summed E-state index contributed by atoms with van der Waals surface area (Å²) in [6.07, 6.45) is 1.67. The third-order valence-electron chi connectivity index (χ3n) is 3.92. The topological polar surface area (TPSA) is 48.5 Å². The summed E-state index contributed by atoms with van der Waals surface area (Å²) in [5.41, 5.74) is 0.924. The number of aromatic nitrogens is 1. The number of carbonyl (C=O) groups excluding carboxylic acids is 1. The first kappa shape index (κ1) is 17.3. The van der Waals surface area contributed by atoms with Crippen LogP contribution in [0, 0.1) is 5.82 Å². The smallest absolute Gasteiger partial charge is 0.240 e. The molecule has 0 radical (unpaired) electrons. The van der Waals surface area contributed by atoms with Crippen LogP contribution in [0.15, 0.2) is 29.8 Å². The van der Waals surface area contributed by atoms with Crippen LogP contribution in [0.25, 0.3) is 0 Å². The Labute approximate surface area is 149 Å². The molecule has 0 unspecified atom stereocenters. The highest BCUT2D eigenvalue weighted by atomic mass is 35.5. The fraction of sp³-hybridized carbons (Fsp3) is 0.375. The van der Waals surface area contributed by atoms with Gasteiger partial charge in [0, 0.05) is 49.3 Å². The van der Waals surface area contributed by atoms with E-state index < -0.39 is 0 Å². The predicted molar refractivity (Wildman–Crippen MR) is 93.9 cm³/mol. The van der Waals surface area contributed by atoms with Crippen LogP contribution >= 0.6 is 22.9 Å². The first-order valence-electron chi connectivity index (χ1n) is 7.68. The van der Waals surface area contributed by atoms with Crippen LogP contribution in [0.4, 0.5) is 9.52 Å². The monoisotopic (exact) mass is 368 g/mol. The summed E-state index contributed by atoms with van der Waals surface area (Å²) in [6.45, 7) is 4.37. The highest BCUT2D eigenvalue weighted by Crippen LogP contribution is 2.19. The molecule has 3 rings (SSSR count). The number of carbonyl (C=O) groups is 1. The Hall–Kier alpha value is -1.54. The van der Waals surface area contributed by atoms with Crippen molar-refractivity contribution in [2.75, 3.05) is 38.0 Å². The summed E-state index contributed by atoms with van der Waals surface area (Å²) in [5, 5.41) is 5.71. The maximum absolute atomic E-state index is 13.1. The SMILES string of the molecule is O=C(CN1CCN(Cc2ccc(F)cc2Cl)CC1)Nc1nccs1. The Kier molecular flexibility index (Phi) is 5.78. The molecule has 0 aliphatic carbocycles. The first-order valence-corrected chi connectivity index (χ1v) is 8.94. The van der Waals surface area contributed by atoms with Crippen molar-refractivity contribution in [2.24, 2.45) is 0 Å². The van der Waals surface area contributed by atoms with E-state index in [1.807, 2.05) is 5.38 Å². The molecule has 2 heterocycles. The van der Waals surface area contributed by atoms with Crippen molar-refractivity contribution in [3.8, 4) is 0 Å². The van der Waals surface area contributed by atoms with E-state index >= 15 is 0 Å². The van der Waals surface area contributed by atoms with E-state index in [0.29, 0.717) is 23.2 Å². The van der Waals surface area contributed by atoms with Crippen molar-refractivity contribution in [3.63, 3.8) is 0 Å². The van der Waals surface area contributed by atoms with Gasteiger partial charge in [0.05, 0.1) is 6.54 Å². The quantitative estimate of drug-likeness (QED) is 0.881. The molecular formula is C16H18ClFN4OS. The summed E-state index contributed by atoms with van der Waals surface area (Å²) in [7, 11) is 0. The molecule has 0 spiro atoms. The van der Waals surface area contributed by atoms with Gasteiger partial charge in [-0.3, -0.25) is 14.6 Å².